The molecule has 2 aromatic heterocycles. The fraction of sp³-hybridized carbons (Fsp3) is 0.667. The van der Waals surface area contributed by atoms with Crippen LogP contribution in [-0.4, -0.2) is 39.6 Å². The van der Waals surface area contributed by atoms with Gasteiger partial charge in [0.1, 0.15) is 5.82 Å². The summed E-state index contributed by atoms with van der Waals surface area (Å²) in [4.78, 5) is 11.0. The molecule has 3 rings (SSSR count). The molecule has 0 unspecified atom stereocenters. The lowest BCUT2D eigenvalue weighted by Gasteiger charge is -2.32. The molecule has 0 amide bonds. The quantitative estimate of drug-likeness (QED) is 0.405. The zero-order valence-electron chi connectivity index (χ0n) is 15.2. The van der Waals surface area contributed by atoms with Gasteiger partial charge in [-0.3, -0.25) is 0 Å². The first-order chi connectivity index (χ1) is 12.1. The van der Waals surface area contributed by atoms with Crippen molar-refractivity contribution >= 4 is 39.1 Å². The van der Waals surface area contributed by atoms with Crippen LogP contribution in [0.4, 0.5) is 5.82 Å². The molecule has 1 aliphatic rings. The SMILES string of the molecule is CCCSc1nc(NCCCO)c2sc3c(c2n1)CO[C@@](C)(CC)C3. The predicted molar refractivity (Wildman–Crippen MR) is 106 cm³/mol. The van der Waals surface area contributed by atoms with Crippen LogP contribution >= 0.6 is 23.1 Å². The summed E-state index contributed by atoms with van der Waals surface area (Å²) < 4.78 is 7.27. The normalized spacial score (nSPS) is 20.0. The van der Waals surface area contributed by atoms with Gasteiger partial charge in [-0.25, -0.2) is 9.97 Å². The van der Waals surface area contributed by atoms with E-state index in [1.165, 1.54) is 10.4 Å². The topological polar surface area (TPSA) is 67.3 Å². The number of thiophene rings is 1. The van der Waals surface area contributed by atoms with Crippen LogP contribution in [0.2, 0.25) is 0 Å². The number of anilines is 1. The van der Waals surface area contributed by atoms with Gasteiger partial charge in [-0.1, -0.05) is 25.6 Å². The van der Waals surface area contributed by atoms with Crippen molar-refractivity contribution in [3.8, 4) is 0 Å². The summed E-state index contributed by atoms with van der Waals surface area (Å²) >= 11 is 3.49. The second-order valence-electron chi connectivity index (χ2n) is 6.66. The molecule has 1 aliphatic heterocycles. The van der Waals surface area contributed by atoms with Gasteiger partial charge < -0.3 is 15.2 Å². The molecule has 0 bridgehead atoms. The number of aliphatic hydroxyl groups is 1. The highest BCUT2D eigenvalue weighted by molar-refractivity contribution is 7.99. The molecule has 2 N–H and O–H groups in total. The van der Waals surface area contributed by atoms with Gasteiger partial charge in [0, 0.05) is 35.8 Å². The first-order valence-corrected chi connectivity index (χ1v) is 10.8. The van der Waals surface area contributed by atoms with Crippen molar-refractivity contribution < 1.29 is 9.84 Å². The van der Waals surface area contributed by atoms with Crippen LogP contribution in [0.25, 0.3) is 10.2 Å². The van der Waals surface area contributed by atoms with Crippen molar-refractivity contribution in [3.05, 3.63) is 10.4 Å². The molecule has 0 radical (unpaired) electrons. The van der Waals surface area contributed by atoms with Gasteiger partial charge in [-0.2, -0.15) is 0 Å². The lowest BCUT2D eigenvalue weighted by molar-refractivity contribution is -0.0546. The third-order valence-electron chi connectivity index (χ3n) is 4.60. The highest BCUT2D eigenvalue weighted by Gasteiger charge is 2.32. The molecule has 3 heterocycles. The molecule has 5 nitrogen and oxygen atoms in total. The summed E-state index contributed by atoms with van der Waals surface area (Å²) in [5, 5.41) is 13.3. The van der Waals surface area contributed by atoms with E-state index < -0.39 is 0 Å². The number of ether oxygens (including phenoxy) is 1. The van der Waals surface area contributed by atoms with Crippen molar-refractivity contribution in [2.24, 2.45) is 0 Å². The molecule has 2 aromatic rings. The van der Waals surface area contributed by atoms with Gasteiger partial charge in [0.15, 0.2) is 5.16 Å². The Morgan fingerprint density at radius 2 is 2.20 bits per heavy atom. The van der Waals surface area contributed by atoms with E-state index in [0.717, 1.165) is 46.2 Å². The van der Waals surface area contributed by atoms with E-state index in [0.29, 0.717) is 19.6 Å². The lowest BCUT2D eigenvalue weighted by Crippen LogP contribution is -2.33. The van der Waals surface area contributed by atoms with Crippen molar-refractivity contribution in [3.63, 3.8) is 0 Å². The molecule has 7 heteroatoms. The Morgan fingerprint density at radius 3 is 2.92 bits per heavy atom. The molecule has 138 valence electrons. The summed E-state index contributed by atoms with van der Waals surface area (Å²) in [6.45, 7) is 8.06. The maximum absolute atomic E-state index is 9.05. The van der Waals surface area contributed by atoms with Crippen molar-refractivity contribution in [1.82, 2.24) is 9.97 Å². The molecular formula is C18H27N3O2S2. The predicted octanol–water partition coefficient (Wildman–Crippen LogP) is 4.23. The van der Waals surface area contributed by atoms with E-state index in [1.54, 1.807) is 23.1 Å². The van der Waals surface area contributed by atoms with Crippen molar-refractivity contribution in [2.45, 2.75) is 63.8 Å². The van der Waals surface area contributed by atoms with Gasteiger partial charge in [0.25, 0.3) is 0 Å². The number of hydrogen-bond donors (Lipinski definition) is 2. The Balaban J connectivity index is 2.00. The molecule has 0 spiro atoms. The number of hydrogen-bond acceptors (Lipinski definition) is 7. The summed E-state index contributed by atoms with van der Waals surface area (Å²) in [5.41, 5.74) is 2.20. The molecule has 0 aromatic carbocycles. The van der Waals surface area contributed by atoms with E-state index in [2.05, 4.69) is 26.1 Å². The Bertz CT molecular complexity index is 735. The van der Waals surface area contributed by atoms with E-state index >= 15 is 0 Å². The van der Waals surface area contributed by atoms with Crippen LogP contribution in [0.1, 0.15) is 50.5 Å². The first kappa shape index (κ1) is 18.9. The first-order valence-electron chi connectivity index (χ1n) is 9.04. The second-order valence-corrected chi connectivity index (χ2v) is 8.82. The minimum absolute atomic E-state index is 0.0778. The fourth-order valence-corrected chi connectivity index (χ4v) is 4.95. The third kappa shape index (κ3) is 4.10. The van der Waals surface area contributed by atoms with Gasteiger partial charge in [-0.15, -0.1) is 11.3 Å². The number of rotatable bonds is 8. The van der Waals surface area contributed by atoms with Crippen LogP contribution in [-0.2, 0) is 17.8 Å². The molecule has 0 saturated carbocycles. The highest BCUT2D eigenvalue weighted by Crippen LogP contribution is 2.42. The Labute approximate surface area is 157 Å². The van der Waals surface area contributed by atoms with Crippen molar-refractivity contribution in [1.29, 1.82) is 0 Å². The number of nitrogens with one attached hydrogen (secondary N) is 1. The summed E-state index contributed by atoms with van der Waals surface area (Å²) in [5.74, 6) is 1.91. The number of aliphatic hydroxyl groups excluding tert-OH is 1. The maximum atomic E-state index is 9.05. The minimum Gasteiger partial charge on any atom is -0.396 e. The van der Waals surface area contributed by atoms with Crippen LogP contribution < -0.4 is 5.32 Å². The largest absolute Gasteiger partial charge is 0.396 e. The lowest BCUT2D eigenvalue weighted by atomic mass is 9.93. The monoisotopic (exact) mass is 381 g/mol. The molecule has 0 fully saturated rings. The van der Waals surface area contributed by atoms with E-state index in [-0.39, 0.29) is 12.2 Å². The van der Waals surface area contributed by atoms with Crippen LogP contribution in [0.3, 0.4) is 0 Å². The van der Waals surface area contributed by atoms with Gasteiger partial charge >= 0.3 is 0 Å². The standard InChI is InChI=1S/C18H27N3O2S2/c1-4-9-24-17-20-14-12-11-23-18(3,5-2)10-13(12)25-15(14)16(21-17)19-7-6-8-22/h22H,4-11H2,1-3H3,(H,19,20,21)/t18-/m0/s1. The summed E-state index contributed by atoms with van der Waals surface area (Å²) in [6, 6.07) is 0. The van der Waals surface area contributed by atoms with Crippen molar-refractivity contribution in [2.75, 3.05) is 24.2 Å². The summed E-state index contributed by atoms with van der Waals surface area (Å²) in [7, 11) is 0. The van der Waals surface area contributed by atoms with E-state index in [4.69, 9.17) is 19.8 Å². The number of thioether (sulfide) groups is 1. The second kappa shape index (κ2) is 8.20. The van der Waals surface area contributed by atoms with Gasteiger partial charge in [0.05, 0.1) is 22.4 Å². The van der Waals surface area contributed by atoms with Gasteiger partial charge in [-0.05, 0) is 26.2 Å². The summed E-state index contributed by atoms with van der Waals surface area (Å²) in [6.07, 6.45) is 3.75. The Kier molecular flexibility index (Phi) is 6.20. The number of fused-ring (bicyclic) bond motifs is 3. The number of aromatic nitrogens is 2. The van der Waals surface area contributed by atoms with Crippen LogP contribution in [0.15, 0.2) is 5.16 Å². The van der Waals surface area contributed by atoms with E-state index in [1.807, 2.05) is 0 Å². The molecule has 1 atom stereocenters. The molecule has 0 aliphatic carbocycles. The molecule has 0 saturated heterocycles. The fourth-order valence-electron chi connectivity index (χ4n) is 2.87. The Hall–Kier alpha value is -0.890. The molecular weight excluding hydrogens is 354 g/mol. The Morgan fingerprint density at radius 1 is 1.36 bits per heavy atom. The average molecular weight is 382 g/mol. The third-order valence-corrected chi connectivity index (χ3v) is 6.88. The van der Waals surface area contributed by atoms with Crippen LogP contribution in [0, 0.1) is 0 Å². The maximum Gasteiger partial charge on any atom is 0.190 e. The van der Waals surface area contributed by atoms with E-state index in [9.17, 15) is 0 Å². The molecule has 25 heavy (non-hydrogen) atoms. The average Bonchev–Trinajstić information content (AvgIpc) is 2.97. The van der Waals surface area contributed by atoms with Gasteiger partial charge in [0.2, 0.25) is 0 Å². The number of nitrogens with zero attached hydrogens (tertiary/aromatic N) is 2. The minimum atomic E-state index is -0.0778. The smallest absolute Gasteiger partial charge is 0.190 e. The zero-order chi connectivity index (χ0) is 17.9. The highest BCUT2D eigenvalue weighted by atomic mass is 32.2. The zero-order valence-corrected chi connectivity index (χ0v) is 16.9. The van der Waals surface area contributed by atoms with Crippen LogP contribution in [0.5, 0.6) is 0 Å².